The Morgan fingerprint density at radius 2 is 2.00 bits per heavy atom. The molecular formula is C14H22N4O3S. The van der Waals surface area contributed by atoms with Crippen LogP contribution in [0.5, 0.6) is 0 Å². The van der Waals surface area contributed by atoms with Crippen molar-refractivity contribution in [2.45, 2.75) is 45.7 Å². The minimum atomic E-state index is -2.96. The third-order valence-corrected chi connectivity index (χ3v) is 4.91. The van der Waals surface area contributed by atoms with Gasteiger partial charge in [0.05, 0.1) is 11.5 Å². The molecule has 1 aromatic heterocycles. The van der Waals surface area contributed by atoms with Crippen LogP contribution >= 0.6 is 0 Å². The Morgan fingerprint density at radius 3 is 2.55 bits per heavy atom. The van der Waals surface area contributed by atoms with Crippen molar-refractivity contribution in [1.29, 1.82) is 0 Å². The smallest absolute Gasteiger partial charge is 0.270 e. The molecule has 1 aromatic rings. The van der Waals surface area contributed by atoms with E-state index in [1.165, 1.54) is 0 Å². The quantitative estimate of drug-likeness (QED) is 0.856. The highest BCUT2D eigenvalue weighted by atomic mass is 32.2. The van der Waals surface area contributed by atoms with Gasteiger partial charge in [-0.1, -0.05) is 0 Å². The van der Waals surface area contributed by atoms with Crippen LogP contribution in [-0.2, 0) is 9.84 Å². The molecule has 2 rings (SSSR count). The SMILES string of the molecule is Cc1nc(NC2CCS(=O)(=O)C2)cc(C(=O)NC(C)(C)C)n1. The number of carbonyl (C=O) groups excluding carboxylic acids is 1. The van der Waals surface area contributed by atoms with Gasteiger partial charge in [-0.05, 0) is 34.1 Å². The minimum absolute atomic E-state index is 0.0968. The van der Waals surface area contributed by atoms with Crippen LogP contribution in [0.4, 0.5) is 5.82 Å². The molecule has 1 amide bonds. The van der Waals surface area contributed by atoms with Crippen LogP contribution < -0.4 is 10.6 Å². The van der Waals surface area contributed by atoms with E-state index in [9.17, 15) is 13.2 Å². The maximum Gasteiger partial charge on any atom is 0.270 e. The van der Waals surface area contributed by atoms with E-state index in [0.29, 0.717) is 18.1 Å². The van der Waals surface area contributed by atoms with Crippen LogP contribution in [0.15, 0.2) is 6.07 Å². The van der Waals surface area contributed by atoms with Gasteiger partial charge in [-0.25, -0.2) is 18.4 Å². The lowest BCUT2D eigenvalue weighted by molar-refractivity contribution is 0.0914. The summed E-state index contributed by atoms with van der Waals surface area (Å²) < 4.78 is 23.0. The van der Waals surface area contributed by atoms with Crippen LogP contribution in [0.3, 0.4) is 0 Å². The minimum Gasteiger partial charge on any atom is -0.366 e. The molecule has 2 N–H and O–H groups in total. The first-order valence-electron chi connectivity index (χ1n) is 7.19. The van der Waals surface area contributed by atoms with Gasteiger partial charge in [0.15, 0.2) is 9.84 Å². The summed E-state index contributed by atoms with van der Waals surface area (Å²) in [4.78, 5) is 20.5. The molecule has 1 aliphatic rings. The molecule has 1 atom stereocenters. The summed E-state index contributed by atoms with van der Waals surface area (Å²) in [5.41, 5.74) is -0.0888. The lowest BCUT2D eigenvalue weighted by Crippen LogP contribution is -2.41. The fourth-order valence-corrected chi connectivity index (χ4v) is 3.95. The highest BCUT2D eigenvalue weighted by Crippen LogP contribution is 2.17. The van der Waals surface area contributed by atoms with Crippen molar-refractivity contribution in [3.63, 3.8) is 0 Å². The number of carbonyl (C=O) groups is 1. The molecule has 0 aliphatic carbocycles. The van der Waals surface area contributed by atoms with Gasteiger partial charge in [0.2, 0.25) is 0 Å². The summed E-state index contributed by atoms with van der Waals surface area (Å²) in [7, 11) is -2.96. The van der Waals surface area contributed by atoms with Crippen molar-refractivity contribution >= 4 is 21.6 Å². The van der Waals surface area contributed by atoms with Crippen LogP contribution in [0.25, 0.3) is 0 Å². The second kappa shape index (κ2) is 5.83. The van der Waals surface area contributed by atoms with Crippen LogP contribution in [0.1, 0.15) is 43.5 Å². The predicted octanol–water partition coefficient (Wildman–Crippen LogP) is 0.912. The second-order valence-corrected chi connectivity index (χ2v) is 8.86. The summed E-state index contributed by atoms with van der Waals surface area (Å²) in [6.45, 7) is 7.37. The zero-order valence-electron chi connectivity index (χ0n) is 13.3. The number of anilines is 1. The average molecular weight is 326 g/mol. The van der Waals surface area contributed by atoms with Crippen LogP contribution in [0, 0.1) is 6.92 Å². The Kier molecular flexibility index (Phi) is 4.42. The summed E-state index contributed by atoms with van der Waals surface area (Å²) in [5.74, 6) is 0.949. The number of nitrogens with one attached hydrogen (secondary N) is 2. The molecule has 2 heterocycles. The molecule has 0 bridgehead atoms. The molecule has 0 aromatic carbocycles. The Bertz CT molecular complexity index is 680. The summed E-state index contributed by atoms with van der Waals surface area (Å²) in [5, 5.41) is 5.93. The molecule has 1 unspecified atom stereocenters. The van der Waals surface area contributed by atoms with E-state index in [1.807, 2.05) is 20.8 Å². The van der Waals surface area contributed by atoms with Crippen LogP contribution in [-0.4, -0.2) is 47.4 Å². The average Bonchev–Trinajstić information content (AvgIpc) is 2.65. The van der Waals surface area contributed by atoms with Gasteiger partial charge in [-0.15, -0.1) is 0 Å². The first kappa shape index (κ1) is 16.7. The standard InChI is InChI=1S/C14H22N4O3S/c1-9-15-11(13(19)18-14(2,3)4)7-12(16-9)17-10-5-6-22(20,21)8-10/h7,10H,5-6,8H2,1-4H3,(H,18,19)(H,15,16,17). The molecule has 122 valence electrons. The van der Waals surface area contributed by atoms with Gasteiger partial charge < -0.3 is 10.6 Å². The molecule has 0 spiro atoms. The fraction of sp³-hybridized carbons (Fsp3) is 0.643. The molecule has 22 heavy (non-hydrogen) atoms. The lowest BCUT2D eigenvalue weighted by Gasteiger charge is -2.20. The Labute approximate surface area is 130 Å². The van der Waals surface area contributed by atoms with Crippen molar-refractivity contribution < 1.29 is 13.2 Å². The molecule has 1 fully saturated rings. The van der Waals surface area contributed by atoms with E-state index in [4.69, 9.17) is 0 Å². The van der Waals surface area contributed by atoms with Crippen molar-refractivity contribution in [3.05, 3.63) is 17.6 Å². The van der Waals surface area contributed by atoms with E-state index in [-0.39, 0.29) is 34.7 Å². The van der Waals surface area contributed by atoms with Gasteiger partial charge in [-0.3, -0.25) is 4.79 Å². The molecule has 8 heteroatoms. The Hall–Kier alpha value is -1.70. The highest BCUT2D eigenvalue weighted by Gasteiger charge is 2.28. The molecular weight excluding hydrogens is 304 g/mol. The maximum absolute atomic E-state index is 12.2. The number of amides is 1. The monoisotopic (exact) mass is 326 g/mol. The van der Waals surface area contributed by atoms with Gasteiger partial charge >= 0.3 is 0 Å². The predicted molar refractivity (Wildman–Crippen MR) is 84.7 cm³/mol. The van der Waals surface area contributed by atoms with E-state index in [1.54, 1.807) is 13.0 Å². The number of nitrogens with zero attached hydrogens (tertiary/aromatic N) is 2. The molecule has 0 saturated carbocycles. The van der Waals surface area contributed by atoms with Crippen molar-refractivity contribution in [2.75, 3.05) is 16.8 Å². The van der Waals surface area contributed by atoms with E-state index < -0.39 is 9.84 Å². The zero-order chi connectivity index (χ0) is 16.5. The van der Waals surface area contributed by atoms with E-state index >= 15 is 0 Å². The number of aromatic nitrogens is 2. The first-order valence-corrected chi connectivity index (χ1v) is 9.01. The highest BCUT2D eigenvalue weighted by molar-refractivity contribution is 7.91. The topological polar surface area (TPSA) is 101 Å². The van der Waals surface area contributed by atoms with Crippen LogP contribution in [0.2, 0.25) is 0 Å². The summed E-state index contributed by atoms with van der Waals surface area (Å²) in [6, 6.07) is 1.39. The van der Waals surface area contributed by atoms with Gasteiger partial charge in [0, 0.05) is 17.6 Å². The number of hydrogen-bond donors (Lipinski definition) is 2. The molecule has 7 nitrogen and oxygen atoms in total. The van der Waals surface area contributed by atoms with E-state index in [0.717, 1.165) is 0 Å². The molecule has 1 saturated heterocycles. The third-order valence-electron chi connectivity index (χ3n) is 3.14. The van der Waals surface area contributed by atoms with Crippen molar-refractivity contribution in [1.82, 2.24) is 15.3 Å². The molecule has 1 aliphatic heterocycles. The van der Waals surface area contributed by atoms with Gasteiger partial charge in [0.1, 0.15) is 17.3 Å². The van der Waals surface area contributed by atoms with E-state index in [2.05, 4.69) is 20.6 Å². The number of rotatable bonds is 3. The largest absolute Gasteiger partial charge is 0.366 e. The maximum atomic E-state index is 12.2. The normalized spacial score (nSPS) is 20.6. The van der Waals surface area contributed by atoms with Gasteiger partial charge in [-0.2, -0.15) is 0 Å². The lowest BCUT2D eigenvalue weighted by atomic mass is 10.1. The zero-order valence-corrected chi connectivity index (χ0v) is 14.1. The van der Waals surface area contributed by atoms with Crippen molar-refractivity contribution in [2.24, 2.45) is 0 Å². The second-order valence-electron chi connectivity index (χ2n) is 6.63. The molecule has 0 radical (unpaired) electrons. The summed E-state index contributed by atoms with van der Waals surface area (Å²) in [6.07, 6.45) is 0.551. The fourth-order valence-electron chi connectivity index (χ4n) is 2.28. The van der Waals surface area contributed by atoms with Gasteiger partial charge in [0.25, 0.3) is 5.91 Å². The Balaban J connectivity index is 2.15. The summed E-state index contributed by atoms with van der Waals surface area (Å²) >= 11 is 0. The first-order chi connectivity index (χ1) is 10.0. The number of sulfone groups is 1. The van der Waals surface area contributed by atoms with Crippen molar-refractivity contribution in [3.8, 4) is 0 Å². The Morgan fingerprint density at radius 1 is 1.32 bits per heavy atom. The number of hydrogen-bond acceptors (Lipinski definition) is 6. The number of aryl methyl sites for hydroxylation is 1. The third kappa shape index (κ3) is 4.66.